The molecule has 0 amide bonds. The summed E-state index contributed by atoms with van der Waals surface area (Å²) in [5.41, 5.74) is 0.292. The smallest absolute Gasteiger partial charge is 0.216 e. The summed E-state index contributed by atoms with van der Waals surface area (Å²) in [6.45, 7) is 1.33. The number of aliphatic hydroxyl groups is 3. The van der Waals surface area contributed by atoms with Crippen molar-refractivity contribution in [3.8, 4) is 0 Å². The van der Waals surface area contributed by atoms with Gasteiger partial charge in [0, 0.05) is 5.56 Å². The van der Waals surface area contributed by atoms with Crippen LogP contribution in [-0.2, 0) is 5.79 Å². The molecule has 0 spiro atoms. The molecule has 0 heterocycles. The molecule has 66 valence electrons. The van der Waals surface area contributed by atoms with Gasteiger partial charge in [-0.3, -0.25) is 0 Å². The first-order chi connectivity index (χ1) is 5.55. The lowest BCUT2D eigenvalue weighted by Gasteiger charge is -2.24. The molecular weight excluding hydrogens is 156 g/mol. The van der Waals surface area contributed by atoms with Crippen molar-refractivity contribution in [2.75, 3.05) is 0 Å². The van der Waals surface area contributed by atoms with Crippen LogP contribution >= 0.6 is 0 Å². The van der Waals surface area contributed by atoms with E-state index in [0.29, 0.717) is 5.56 Å². The number of hydrogen-bond donors (Lipinski definition) is 3. The van der Waals surface area contributed by atoms with E-state index in [9.17, 15) is 10.2 Å². The summed E-state index contributed by atoms with van der Waals surface area (Å²) < 4.78 is 0. The standard InChI is InChI=1S/C9H12O3/c1-7(10)9(11,12)8-5-3-2-4-6-8/h2-7,10-12H,1H3. The SMILES string of the molecule is CC(O)C(O)(O)c1ccccc1. The van der Waals surface area contributed by atoms with Gasteiger partial charge in [-0.25, -0.2) is 0 Å². The fourth-order valence-corrected chi connectivity index (χ4v) is 0.925. The molecule has 0 aliphatic rings. The second-order valence-electron chi connectivity index (χ2n) is 2.77. The molecule has 1 atom stereocenters. The summed E-state index contributed by atoms with van der Waals surface area (Å²) in [6, 6.07) is 8.22. The van der Waals surface area contributed by atoms with Gasteiger partial charge in [-0.05, 0) is 6.92 Å². The molecule has 1 aromatic rings. The van der Waals surface area contributed by atoms with E-state index < -0.39 is 11.9 Å². The zero-order chi connectivity index (χ0) is 9.19. The molecule has 0 aliphatic carbocycles. The van der Waals surface area contributed by atoms with Crippen LogP contribution in [0.15, 0.2) is 30.3 Å². The molecule has 3 nitrogen and oxygen atoms in total. The van der Waals surface area contributed by atoms with Crippen LogP contribution in [0.3, 0.4) is 0 Å². The molecule has 0 fully saturated rings. The summed E-state index contributed by atoms with van der Waals surface area (Å²) in [4.78, 5) is 0. The van der Waals surface area contributed by atoms with Crippen LogP contribution < -0.4 is 0 Å². The first-order valence-corrected chi connectivity index (χ1v) is 3.73. The lowest BCUT2D eigenvalue weighted by Crippen LogP contribution is -2.37. The van der Waals surface area contributed by atoms with Crippen LogP contribution in [0.25, 0.3) is 0 Å². The van der Waals surface area contributed by atoms with Gasteiger partial charge in [0.2, 0.25) is 5.79 Å². The van der Waals surface area contributed by atoms with Gasteiger partial charge in [0.1, 0.15) is 6.10 Å². The maximum Gasteiger partial charge on any atom is 0.216 e. The van der Waals surface area contributed by atoms with Gasteiger partial charge in [0.25, 0.3) is 0 Å². The van der Waals surface area contributed by atoms with Crippen LogP contribution in [0, 0.1) is 0 Å². The average molecular weight is 168 g/mol. The molecule has 3 heteroatoms. The van der Waals surface area contributed by atoms with E-state index in [4.69, 9.17) is 5.11 Å². The molecular formula is C9H12O3. The Morgan fingerprint density at radius 1 is 1.17 bits per heavy atom. The number of hydrogen-bond acceptors (Lipinski definition) is 3. The maximum atomic E-state index is 9.37. The lowest BCUT2D eigenvalue weighted by molar-refractivity contribution is -0.229. The second kappa shape index (κ2) is 3.23. The van der Waals surface area contributed by atoms with E-state index in [0.717, 1.165) is 0 Å². The minimum absolute atomic E-state index is 0.292. The fourth-order valence-electron chi connectivity index (χ4n) is 0.925. The summed E-state index contributed by atoms with van der Waals surface area (Å²) in [6.07, 6.45) is -1.21. The molecule has 1 unspecified atom stereocenters. The van der Waals surface area contributed by atoms with E-state index in [-0.39, 0.29) is 0 Å². The molecule has 0 saturated heterocycles. The Balaban J connectivity index is 2.98. The lowest BCUT2D eigenvalue weighted by atomic mass is 10.0. The molecule has 12 heavy (non-hydrogen) atoms. The van der Waals surface area contributed by atoms with Gasteiger partial charge < -0.3 is 15.3 Å². The Bertz CT molecular complexity index is 241. The Hall–Kier alpha value is -0.900. The summed E-state index contributed by atoms with van der Waals surface area (Å²) >= 11 is 0. The van der Waals surface area contributed by atoms with E-state index in [1.807, 2.05) is 0 Å². The first kappa shape index (κ1) is 9.19. The van der Waals surface area contributed by atoms with Crippen LogP contribution in [-0.4, -0.2) is 21.4 Å². The third-order valence-electron chi connectivity index (χ3n) is 1.78. The molecule has 1 rings (SSSR count). The Labute approximate surface area is 70.9 Å². The van der Waals surface area contributed by atoms with Crippen molar-refractivity contribution in [3.05, 3.63) is 35.9 Å². The minimum atomic E-state index is -2.15. The second-order valence-corrected chi connectivity index (χ2v) is 2.77. The average Bonchev–Trinajstić information content (AvgIpc) is 2.06. The Morgan fingerprint density at radius 2 is 1.67 bits per heavy atom. The molecule has 3 N–H and O–H groups in total. The molecule has 0 aromatic heterocycles. The Kier molecular flexibility index (Phi) is 2.47. The van der Waals surface area contributed by atoms with Gasteiger partial charge in [-0.15, -0.1) is 0 Å². The van der Waals surface area contributed by atoms with Gasteiger partial charge in [-0.1, -0.05) is 30.3 Å². The van der Waals surface area contributed by atoms with Gasteiger partial charge >= 0.3 is 0 Å². The molecule has 0 radical (unpaired) electrons. The van der Waals surface area contributed by atoms with Crippen molar-refractivity contribution in [3.63, 3.8) is 0 Å². The fraction of sp³-hybridized carbons (Fsp3) is 0.333. The molecule has 1 aromatic carbocycles. The topological polar surface area (TPSA) is 60.7 Å². The van der Waals surface area contributed by atoms with Crippen molar-refractivity contribution in [2.24, 2.45) is 0 Å². The summed E-state index contributed by atoms with van der Waals surface area (Å²) in [7, 11) is 0. The number of aliphatic hydroxyl groups excluding tert-OH is 1. The quantitative estimate of drug-likeness (QED) is 0.553. The predicted octanol–water partition coefficient (Wildman–Crippen LogP) is 0.205. The normalized spacial score (nSPS) is 14.3. The summed E-state index contributed by atoms with van der Waals surface area (Å²) in [5.74, 6) is -2.15. The molecule has 0 bridgehead atoms. The minimum Gasteiger partial charge on any atom is -0.387 e. The van der Waals surface area contributed by atoms with Crippen molar-refractivity contribution in [1.29, 1.82) is 0 Å². The van der Waals surface area contributed by atoms with Crippen LogP contribution in [0.4, 0.5) is 0 Å². The third kappa shape index (κ3) is 1.64. The van der Waals surface area contributed by atoms with E-state index in [1.54, 1.807) is 30.3 Å². The van der Waals surface area contributed by atoms with Gasteiger partial charge in [0.15, 0.2) is 0 Å². The number of benzene rings is 1. The highest BCUT2D eigenvalue weighted by Gasteiger charge is 2.31. The largest absolute Gasteiger partial charge is 0.387 e. The Morgan fingerprint density at radius 3 is 2.08 bits per heavy atom. The summed E-state index contributed by atoms with van der Waals surface area (Å²) in [5, 5.41) is 27.8. The van der Waals surface area contributed by atoms with Crippen molar-refractivity contribution >= 4 is 0 Å². The predicted molar refractivity (Wildman–Crippen MR) is 44.2 cm³/mol. The number of rotatable bonds is 2. The van der Waals surface area contributed by atoms with Gasteiger partial charge in [0.05, 0.1) is 0 Å². The van der Waals surface area contributed by atoms with E-state index in [1.165, 1.54) is 6.92 Å². The zero-order valence-electron chi connectivity index (χ0n) is 6.81. The third-order valence-corrected chi connectivity index (χ3v) is 1.78. The highest BCUT2D eigenvalue weighted by molar-refractivity contribution is 5.20. The molecule has 0 saturated carbocycles. The first-order valence-electron chi connectivity index (χ1n) is 3.73. The van der Waals surface area contributed by atoms with Crippen molar-refractivity contribution < 1.29 is 15.3 Å². The van der Waals surface area contributed by atoms with E-state index in [2.05, 4.69) is 0 Å². The van der Waals surface area contributed by atoms with Crippen LogP contribution in [0.5, 0.6) is 0 Å². The van der Waals surface area contributed by atoms with Crippen LogP contribution in [0.2, 0.25) is 0 Å². The van der Waals surface area contributed by atoms with Crippen molar-refractivity contribution in [2.45, 2.75) is 18.8 Å². The van der Waals surface area contributed by atoms with Gasteiger partial charge in [-0.2, -0.15) is 0 Å². The highest BCUT2D eigenvalue weighted by atomic mass is 16.5. The van der Waals surface area contributed by atoms with E-state index >= 15 is 0 Å². The maximum absolute atomic E-state index is 9.37. The monoisotopic (exact) mass is 168 g/mol. The van der Waals surface area contributed by atoms with Crippen molar-refractivity contribution in [1.82, 2.24) is 0 Å². The highest BCUT2D eigenvalue weighted by Crippen LogP contribution is 2.20. The van der Waals surface area contributed by atoms with Crippen LogP contribution in [0.1, 0.15) is 12.5 Å². The zero-order valence-corrected chi connectivity index (χ0v) is 6.81. The molecule has 0 aliphatic heterocycles.